The van der Waals surface area contributed by atoms with E-state index in [0.29, 0.717) is 31.1 Å². The number of thiocarbonyl (C=S) groups is 1. The van der Waals surface area contributed by atoms with Gasteiger partial charge in [0, 0.05) is 32.7 Å². The van der Waals surface area contributed by atoms with Crippen LogP contribution in [0.3, 0.4) is 0 Å². The molecule has 17 heavy (non-hydrogen) atoms. The fraction of sp³-hybridized carbons (Fsp3) is 0.900. The summed E-state index contributed by atoms with van der Waals surface area (Å²) in [7, 11) is -1.68. The smallest absolute Gasteiger partial charge is 0.214 e. The third-order valence-corrected chi connectivity index (χ3v) is 4.86. The number of hydrogen-bond acceptors (Lipinski definition) is 4. The summed E-state index contributed by atoms with van der Waals surface area (Å²) < 4.78 is 30.2. The lowest BCUT2D eigenvalue weighted by molar-refractivity contribution is 0.199. The van der Waals surface area contributed by atoms with E-state index in [1.807, 2.05) is 6.92 Å². The maximum atomic E-state index is 12.0. The molecule has 0 aliphatic carbocycles. The molecule has 0 aromatic heterocycles. The molecule has 0 bridgehead atoms. The fourth-order valence-electron chi connectivity index (χ4n) is 1.35. The summed E-state index contributed by atoms with van der Waals surface area (Å²) in [5.41, 5.74) is 5.49. The van der Waals surface area contributed by atoms with Gasteiger partial charge in [-0.05, 0) is 6.42 Å². The highest BCUT2D eigenvalue weighted by atomic mass is 32.2. The molecule has 5 nitrogen and oxygen atoms in total. The van der Waals surface area contributed by atoms with Crippen LogP contribution < -0.4 is 5.73 Å². The molecule has 0 saturated heterocycles. The van der Waals surface area contributed by atoms with E-state index in [9.17, 15) is 8.42 Å². The zero-order valence-electron chi connectivity index (χ0n) is 10.7. The molecule has 0 aliphatic rings. The Morgan fingerprint density at radius 1 is 1.53 bits per heavy atom. The van der Waals surface area contributed by atoms with E-state index in [0.717, 1.165) is 0 Å². The molecule has 0 fully saturated rings. The number of hydrogen-bond donors (Lipinski definition) is 1. The second-order valence-electron chi connectivity index (χ2n) is 3.92. The Morgan fingerprint density at radius 3 is 2.53 bits per heavy atom. The van der Waals surface area contributed by atoms with Crippen molar-refractivity contribution in [2.75, 3.05) is 32.6 Å². The van der Waals surface area contributed by atoms with Crippen molar-refractivity contribution >= 4 is 27.2 Å². The largest absolute Gasteiger partial charge is 0.393 e. The molecular weight excluding hydrogens is 260 g/mol. The van der Waals surface area contributed by atoms with Crippen molar-refractivity contribution in [2.24, 2.45) is 11.7 Å². The lowest BCUT2D eigenvalue weighted by atomic mass is 10.2. The van der Waals surface area contributed by atoms with Crippen LogP contribution in [0.25, 0.3) is 0 Å². The maximum absolute atomic E-state index is 12.0. The molecule has 0 aromatic carbocycles. The van der Waals surface area contributed by atoms with E-state index in [-0.39, 0.29) is 11.7 Å². The summed E-state index contributed by atoms with van der Waals surface area (Å²) in [5.74, 6) is -0.0132. The van der Waals surface area contributed by atoms with Gasteiger partial charge >= 0.3 is 0 Å². The van der Waals surface area contributed by atoms with Gasteiger partial charge in [-0.2, -0.15) is 0 Å². The standard InChI is InChI=1S/C10H22N2O3S2/c1-4-12(8-9(2)10(11)16)17(13,14)7-5-6-15-3/h9H,4-8H2,1-3H3,(H2,11,16). The molecule has 0 saturated carbocycles. The third kappa shape index (κ3) is 6.30. The van der Waals surface area contributed by atoms with Crippen molar-refractivity contribution in [1.82, 2.24) is 4.31 Å². The van der Waals surface area contributed by atoms with Crippen LogP contribution in [0.5, 0.6) is 0 Å². The van der Waals surface area contributed by atoms with Gasteiger partial charge in [-0.3, -0.25) is 0 Å². The molecule has 0 radical (unpaired) electrons. The highest BCUT2D eigenvalue weighted by Gasteiger charge is 2.22. The minimum absolute atomic E-state index is 0.0960. The first-order valence-corrected chi connectivity index (χ1v) is 7.63. The molecule has 1 atom stereocenters. The topological polar surface area (TPSA) is 72.6 Å². The summed E-state index contributed by atoms with van der Waals surface area (Å²) in [4.78, 5) is 0.343. The molecule has 1 unspecified atom stereocenters. The van der Waals surface area contributed by atoms with Crippen LogP contribution >= 0.6 is 12.2 Å². The monoisotopic (exact) mass is 282 g/mol. The van der Waals surface area contributed by atoms with Crippen molar-refractivity contribution in [1.29, 1.82) is 0 Å². The summed E-state index contributed by atoms with van der Waals surface area (Å²) in [5, 5.41) is 0. The van der Waals surface area contributed by atoms with Gasteiger partial charge in [0.1, 0.15) is 0 Å². The molecule has 102 valence electrons. The summed E-state index contributed by atoms with van der Waals surface area (Å²) >= 11 is 4.85. The van der Waals surface area contributed by atoms with Crippen molar-refractivity contribution < 1.29 is 13.2 Å². The number of nitrogens with two attached hydrogens (primary N) is 1. The highest BCUT2D eigenvalue weighted by molar-refractivity contribution is 7.89. The maximum Gasteiger partial charge on any atom is 0.214 e. The van der Waals surface area contributed by atoms with Crippen LogP contribution in [0.15, 0.2) is 0 Å². The average molecular weight is 282 g/mol. The number of rotatable bonds is 9. The molecule has 0 amide bonds. The number of ether oxygens (including phenoxy) is 1. The van der Waals surface area contributed by atoms with Gasteiger partial charge in [0.25, 0.3) is 0 Å². The van der Waals surface area contributed by atoms with Gasteiger partial charge < -0.3 is 10.5 Å². The van der Waals surface area contributed by atoms with Crippen LogP contribution in [-0.4, -0.2) is 50.3 Å². The van der Waals surface area contributed by atoms with Crippen molar-refractivity contribution in [3.05, 3.63) is 0 Å². The van der Waals surface area contributed by atoms with E-state index in [2.05, 4.69) is 0 Å². The summed E-state index contributed by atoms with van der Waals surface area (Å²) in [6.45, 7) is 4.86. The van der Waals surface area contributed by atoms with Crippen LogP contribution in [0.4, 0.5) is 0 Å². The fourth-order valence-corrected chi connectivity index (χ4v) is 3.01. The molecule has 0 spiro atoms. The van der Waals surface area contributed by atoms with Gasteiger partial charge in [0.2, 0.25) is 10.0 Å². The van der Waals surface area contributed by atoms with Crippen molar-refractivity contribution in [3.8, 4) is 0 Å². The Kier molecular flexibility index (Phi) is 7.85. The van der Waals surface area contributed by atoms with Crippen molar-refractivity contribution in [2.45, 2.75) is 20.3 Å². The van der Waals surface area contributed by atoms with Crippen LogP contribution in [0.1, 0.15) is 20.3 Å². The Hall–Kier alpha value is -0.240. The van der Waals surface area contributed by atoms with Crippen molar-refractivity contribution in [3.63, 3.8) is 0 Å². The SMILES string of the molecule is CCN(CC(C)C(N)=S)S(=O)(=O)CCCOC. The summed E-state index contributed by atoms with van der Waals surface area (Å²) in [6.07, 6.45) is 0.497. The Bertz CT molecular complexity index is 330. The zero-order valence-corrected chi connectivity index (χ0v) is 12.3. The minimum atomic E-state index is -3.24. The number of nitrogens with zero attached hydrogens (tertiary/aromatic N) is 1. The molecule has 0 aliphatic heterocycles. The third-order valence-electron chi connectivity index (χ3n) is 2.46. The molecule has 0 aromatic rings. The van der Waals surface area contributed by atoms with E-state index < -0.39 is 10.0 Å². The Morgan fingerprint density at radius 2 is 2.12 bits per heavy atom. The molecule has 0 heterocycles. The highest BCUT2D eigenvalue weighted by Crippen LogP contribution is 2.08. The first-order valence-electron chi connectivity index (χ1n) is 5.61. The van der Waals surface area contributed by atoms with E-state index in [4.69, 9.17) is 22.7 Å². The van der Waals surface area contributed by atoms with Gasteiger partial charge in [0.05, 0.1) is 10.7 Å². The zero-order chi connectivity index (χ0) is 13.5. The Labute approximate surface area is 109 Å². The van der Waals surface area contributed by atoms with E-state index in [1.165, 1.54) is 4.31 Å². The van der Waals surface area contributed by atoms with Gasteiger partial charge in [-0.15, -0.1) is 0 Å². The second kappa shape index (κ2) is 7.97. The predicted molar refractivity (Wildman–Crippen MR) is 73.5 cm³/mol. The van der Waals surface area contributed by atoms with Crippen LogP contribution in [0, 0.1) is 5.92 Å². The molecule has 7 heteroatoms. The molecular formula is C10H22N2O3S2. The number of methoxy groups -OCH3 is 1. The first-order chi connectivity index (χ1) is 7.85. The minimum Gasteiger partial charge on any atom is -0.393 e. The van der Waals surface area contributed by atoms with Gasteiger partial charge in [-0.25, -0.2) is 12.7 Å². The average Bonchev–Trinajstić information content (AvgIpc) is 2.25. The van der Waals surface area contributed by atoms with Gasteiger partial charge in [0.15, 0.2) is 0 Å². The Balaban J connectivity index is 4.47. The second-order valence-corrected chi connectivity index (χ2v) is 6.48. The normalized spacial score (nSPS) is 13.9. The lowest BCUT2D eigenvalue weighted by Gasteiger charge is -2.23. The number of sulfonamides is 1. The molecule has 0 rings (SSSR count). The van der Waals surface area contributed by atoms with Crippen LogP contribution in [-0.2, 0) is 14.8 Å². The first kappa shape index (κ1) is 16.8. The van der Waals surface area contributed by atoms with E-state index in [1.54, 1.807) is 14.0 Å². The quantitative estimate of drug-likeness (QED) is 0.495. The lowest BCUT2D eigenvalue weighted by Crippen LogP contribution is -2.39. The van der Waals surface area contributed by atoms with E-state index >= 15 is 0 Å². The summed E-state index contributed by atoms with van der Waals surface area (Å²) in [6, 6.07) is 0. The van der Waals surface area contributed by atoms with Crippen LogP contribution in [0.2, 0.25) is 0 Å². The molecule has 2 N–H and O–H groups in total. The van der Waals surface area contributed by atoms with Gasteiger partial charge in [-0.1, -0.05) is 26.1 Å². The predicted octanol–water partition coefficient (Wildman–Crippen LogP) is 0.597.